The molecule has 4 nitrogen and oxygen atoms in total. The van der Waals surface area contributed by atoms with E-state index in [1.54, 1.807) is 0 Å². The van der Waals surface area contributed by atoms with Gasteiger partial charge in [-0.2, -0.15) is 0 Å². The standard InChI is InChI=1S/C21H32N2O2/c1-16-10-12-19(13-11-16)20(18-8-4-3-5-9-18)21(25)23-15-7-6-14-22-17(2)24/h10-13,18,20H,3-9,14-15H2,1-2H3,(H,22,24)(H,23,25). The number of nitrogens with one attached hydrogen (secondary N) is 2. The van der Waals surface area contributed by atoms with Gasteiger partial charge in [0.05, 0.1) is 5.92 Å². The molecule has 1 saturated carbocycles. The Hall–Kier alpha value is -1.84. The van der Waals surface area contributed by atoms with Crippen molar-refractivity contribution in [2.75, 3.05) is 13.1 Å². The number of rotatable bonds is 8. The summed E-state index contributed by atoms with van der Waals surface area (Å²) in [5, 5.41) is 5.92. The number of amides is 2. The van der Waals surface area contributed by atoms with Crippen LogP contribution in [-0.4, -0.2) is 24.9 Å². The molecule has 0 bridgehead atoms. The molecule has 0 radical (unpaired) electrons. The summed E-state index contributed by atoms with van der Waals surface area (Å²) in [6, 6.07) is 8.44. The van der Waals surface area contributed by atoms with Gasteiger partial charge in [-0.15, -0.1) is 0 Å². The maximum absolute atomic E-state index is 12.9. The Balaban J connectivity index is 1.91. The van der Waals surface area contributed by atoms with Crippen molar-refractivity contribution >= 4 is 11.8 Å². The number of aryl methyl sites for hydroxylation is 1. The van der Waals surface area contributed by atoms with E-state index in [0.717, 1.165) is 31.2 Å². The molecule has 0 heterocycles. The Bertz CT molecular complexity index is 548. The zero-order valence-corrected chi connectivity index (χ0v) is 15.6. The minimum absolute atomic E-state index is 0.000712. The number of benzene rings is 1. The SMILES string of the molecule is CC(=O)NCCCCNC(=O)C(c1ccc(C)cc1)C1CCCCC1. The number of carbonyl (C=O) groups is 2. The minimum Gasteiger partial charge on any atom is -0.356 e. The van der Waals surface area contributed by atoms with Crippen LogP contribution >= 0.6 is 0 Å². The van der Waals surface area contributed by atoms with Crippen LogP contribution in [-0.2, 0) is 9.59 Å². The van der Waals surface area contributed by atoms with Gasteiger partial charge in [0.15, 0.2) is 0 Å². The molecule has 4 heteroatoms. The summed E-state index contributed by atoms with van der Waals surface area (Å²) >= 11 is 0. The van der Waals surface area contributed by atoms with Crippen molar-refractivity contribution in [3.05, 3.63) is 35.4 Å². The predicted octanol–water partition coefficient (Wildman–Crippen LogP) is 3.69. The second-order valence-electron chi connectivity index (χ2n) is 7.27. The zero-order chi connectivity index (χ0) is 18.1. The van der Waals surface area contributed by atoms with Crippen LogP contribution in [0, 0.1) is 12.8 Å². The smallest absolute Gasteiger partial charge is 0.227 e. The summed E-state index contributed by atoms with van der Waals surface area (Å²) < 4.78 is 0. The van der Waals surface area contributed by atoms with Crippen LogP contribution in [0.3, 0.4) is 0 Å². The molecule has 2 amide bonds. The fraction of sp³-hybridized carbons (Fsp3) is 0.619. The van der Waals surface area contributed by atoms with E-state index in [9.17, 15) is 9.59 Å². The third kappa shape index (κ3) is 6.52. The summed E-state index contributed by atoms with van der Waals surface area (Å²) in [4.78, 5) is 23.7. The van der Waals surface area contributed by atoms with Gasteiger partial charge in [-0.1, -0.05) is 49.1 Å². The highest BCUT2D eigenvalue weighted by atomic mass is 16.2. The fourth-order valence-corrected chi connectivity index (χ4v) is 3.71. The first-order valence-electron chi connectivity index (χ1n) is 9.66. The van der Waals surface area contributed by atoms with E-state index in [0.29, 0.717) is 19.0 Å². The van der Waals surface area contributed by atoms with Crippen molar-refractivity contribution in [3.8, 4) is 0 Å². The molecule has 1 atom stereocenters. The van der Waals surface area contributed by atoms with E-state index in [-0.39, 0.29) is 17.7 Å². The molecular formula is C21H32N2O2. The van der Waals surface area contributed by atoms with E-state index >= 15 is 0 Å². The first-order valence-corrected chi connectivity index (χ1v) is 9.66. The van der Waals surface area contributed by atoms with Crippen molar-refractivity contribution in [2.45, 2.75) is 64.7 Å². The Morgan fingerprint density at radius 3 is 2.20 bits per heavy atom. The molecule has 1 aromatic rings. The van der Waals surface area contributed by atoms with Crippen molar-refractivity contribution in [3.63, 3.8) is 0 Å². The third-order valence-corrected chi connectivity index (χ3v) is 5.12. The Labute approximate surface area is 151 Å². The van der Waals surface area contributed by atoms with Gasteiger partial charge in [-0.25, -0.2) is 0 Å². The Kier molecular flexibility index (Phi) is 7.96. The molecule has 138 valence electrons. The van der Waals surface area contributed by atoms with Gasteiger partial charge in [-0.05, 0) is 44.1 Å². The van der Waals surface area contributed by atoms with Crippen LogP contribution in [0.2, 0.25) is 0 Å². The number of hydrogen-bond acceptors (Lipinski definition) is 2. The van der Waals surface area contributed by atoms with Crippen LogP contribution in [0.25, 0.3) is 0 Å². The normalized spacial score (nSPS) is 16.2. The molecule has 1 aliphatic carbocycles. The average Bonchev–Trinajstić information content (AvgIpc) is 2.60. The van der Waals surface area contributed by atoms with Gasteiger partial charge in [-0.3, -0.25) is 9.59 Å². The quantitative estimate of drug-likeness (QED) is 0.707. The van der Waals surface area contributed by atoms with Gasteiger partial charge in [0.1, 0.15) is 0 Å². The fourth-order valence-electron chi connectivity index (χ4n) is 3.71. The molecule has 1 unspecified atom stereocenters. The lowest BCUT2D eigenvalue weighted by Crippen LogP contribution is -2.35. The highest BCUT2D eigenvalue weighted by Gasteiger charge is 2.30. The van der Waals surface area contributed by atoms with Crippen LogP contribution in [0.15, 0.2) is 24.3 Å². The lowest BCUT2D eigenvalue weighted by molar-refractivity contribution is -0.124. The zero-order valence-electron chi connectivity index (χ0n) is 15.6. The maximum Gasteiger partial charge on any atom is 0.227 e. The first-order chi connectivity index (χ1) is 12.1. The summed E-state index contributed by atoms with van der Waals surface area (Å²) in [6.45, 7) is 4.95. The van der Waals surface area contributed by atoms with Gasteiger partial charge < -0.3 is 10.6 Å². The number of unbranched alkanes of at least 4 members (excludes halogenated alkanes) is 1. The van der Waals surface area contributed by atoms with E-state index in [1.807, 2.05) is 0 Å². The highest BCUT2D eigenvalue weighted by Crippen LogP contribution is 2.36. The van der Waals surface area contributed by atoms with Gasteiger partial charge in [0, 0.05) is 20.0 Å². The molecule has 1 fully saturated rings. The lowest BCUT2D eigenvalue weighted by Gasteiger charge is -2.30. The summed E-state index contributed by atoms with van der Waals surface area (Å²) in [7, 11) is 0. The van der Waals surface area contributed by atoms with Crippen molar-refractivity contribution < 1.29 is 9.59 Å². The van der Waals surface area contributed by atoms with Crippen molar-refractivity contribution in [1.82, 2.24) is 10.6 Å². The van der Waals surface area contributed by atoms with E-state index in [2.05, 4.69) is 41.8 Å². The van der Waals surface area contributed by atoms with Crippen LogP contribution in [0.4, 0.5) is 0 Å². The molecule has 0 aliphatic heterocycles. The predicted molar refractivity (Wildman–Crippen MR) is 101 cm³/mol. The Morgan fingerprint density at radius 1 is 1.00 bits per heavy atom. The first kappa shape index (κ1) is 19.5. The largest absolute Gasteiger partial charge is 0.356 e. The van der Waals surface area contributed by atoms with Crippen LogP contribution in [0.5, 0.6) is 0 Å². The van der Waals surface area contributed by atoms with Crippen molar-refractivity contribution in [2.24, 2.45) is 5.92 Å². The van der Waals surface area contributed by atoms with Crippen molar-refractivity contribution in [1.29, 1.82) is 0 Å². The number of hydrogen-bond donors (Lipinski definition) is 2. The second-order valence-corrected chi connectivity index (χ2v) is 7.27. The molecule has 1 aliphatic rings. The number of carbonyl (C=O) groups excluding carboxylic acids is 2. The average molecular weight is 344 g/mol. The van der Waals surface area contributed by atoms with E-state index < -0.39 is 0 Å². The van der Waals surface area contributed by atoms with Gasteiger partial charge in [0.2, 0.25) is 11.8 Å². The van der Waals surface area contributed by atoms with E-state index in [1.165, 1.54) is 31.7 Å². The van der Waals surface area contributed by atoms with Gasteiger partial charge >= 0.3 is 0 Å². The molecule has 2 N–H and O–H groups in total. The second kappa shape index (κ2) is 10.2. The Morgan fingerprint density at radius 2 is 1.60 bits per heavy atom. The molecule has 0 saturated heterocycles. The van der Waals surface area contributed by atoms with Crippen LogP contribution in [0.1, 0.15) is 68.9 Å². The third-order valence-electron chi connectivity index (χ3n) is 5.12. The molecule has 2 rings (SSSR count). The molecule has 25 heavy (non-hydrogen) atoms. The topological polar surface area (TPSA) is 58.2 Å². The lowest BCUT2D eigenvalue weighted by atomic mass is 9.76. The molecular weight excluding hydrogens is 312 g/mol. The van der Waals surface area contributed by atoms with E-state index in [4.69, 9.17) is 0 Å². The molecule has 1 aromatic carbocycles. The molecule has 0 spiro atoms. The monoisotopic (exact) mass is 344 g/mol. The summed E-state index contributed by atoms with van der Waals surface area (Å²) in [6.07, 6.45) is 7.83. The summed E-state index contributed by atoms with van der Waals surface area (Å²) in [5.41, 5.74) is 2.37. The maximum atomic E-state index is 12.9. The van der Waals surface area contributed by atoms with Crippen LogP contribution < -0.4 is 10.6 Å². The summed E-state index contributed by atoms with van der Waals surface area (Å²) in [5.74, 6) is 0.586. The highest BCUT2D eigenvalue weighted by molar-refractivity contribution is 5.84. The molecule has 0 aromatic heterocycles. The minimum atomic E-state index is -0.0313. The van der Waals surface area contributed by atoms with Gasteiger partial charge in [0.25, 0.3) is 0 Å².